The summed E-state index contributed by atoms with van der Waals surface area (Å²) >= 11 is 0. The number of fused-ring (bicyclic) bond motifs is 1. The van der Waals surface area contributed by atoms with Crippen molar-refractivity contribution in [2.45, 2.75) is 69.9 Å². The van der Waals surface area contributed by atoms with Gasteiger partial charge in [-0.1, -0.05) is 18.2 Å². The number of ether oxygens (including phenoxy) is 1. The van der Waals surface area contributed by atoms with Crippen molar-refractivity contribution in [3.63, 3.8) is 0 Å². The normalized spacial score (nSPS) is 23.0. The van der Waals surface area contributed by atoms with Crippen LogP contribution in [0.5, 0.6) is 0 Å². The summed E-state index contributed by atoms with van der Waals surface area (Å²) in [5.41, 5.74) is 7.52. The van der Waals surface area contributed by atoms with Gasteiger partial charge in [0.1, 0.15) is 0 Å². The fourth-order valence-corrected chi connectivity index (χ4v) is 3.70. The second-order valence-electron chi connectivity index (χ2n) is 6.59. The highest BCUT2D eigenvalue weighted by atomic mass is 16.5. The van der Waals surface area contributed by atoms with Gasteiger partial charge in [0, 0.05) is 12.6 Å². The topological polar surface area (TPSA) is 47.3 Å². The minimum absolute atomic E-state index is 0.356. The predicted molar refractivity (Wildman–Crippen MR) is 86.1 cm³/mol. The Kier molecular flexibility index (Phi) is 5.28. The Morgan fingerprint density at radius 1 is 1.19 bits per heavy atom. The first kappa shape index (κ1) is 15.0. The van der Waals surface area contributed by atoms with E-state index in [2.05, 4.69) is 23.6 Å². The molecule has 3 heteroatoms. The molecule has 116 valence electrons. The molecule has 1 aromatic carbocycles. The Morgan fingerprint density at radius 3 is 2.90 bits per heavy atom. The quantitative estimate of drug-likeness (QED) is 0.625. The molecular weight excluding hydrogens is 260 g/mol. The second-order valence-corrected chi connectivity index (χ2v) is 6.59. The molecule has 3 rings (SSSR count). The van der Waals surface area contributed by atoms with E-state index in [4.69, 9.17) is 10.6 Å². The predicted octanol–water partition coefficient (Wildman–Crippen LogP) is 2.90. The summed E-state index contributed by atoms with van der Waals surface area (Å²) in [5.74, 6) is 5.76. The van der Waals surface area contributed by atoms with Gasteiger partial charge in [0.2, 0.25) is 0 Å². The van der Waals surface area contributed by atoms with Crippen molar-refractivity contribution >= 4 is 0 Å². The summed E-state index contributed by atoms with van der Waals surface area (Å²) in [4.78, 5) is 0. The maximum Gasteiger partial charge on any atom is 0.0575 e. The van der Waals surface area contributed by atoms with Crippen molar-refractivity contribution in [2.24, 2.45) is 5.84 Å². The molecule has 0 spiro atoms. The first-order valence-corrected chi connectivity index (χ1v) is 8.53. The molecule has 1 saturated heterocycles. The van der Waals surface area contributed by atoms with Gasteiger partial charge in [0.25, 0.3) is 0 Å². The van der Waals surface area contributed by atoms with Crippen LogP contribution in [0.4, 0.5) is 0 Å². The molecule has 0 saturated carbocycles. The zero-order valence-corrected chi connectivity index (χ0v) is 12.9. The van der Waals surface area contributed by atoms with Crippen LogP contribution in [0.3, 0.4) is 0 Å². The molecule has 2 aliphatic rings. The highest BCUT2D eigenvalue weighted by Gasteiger charge is 2.17. The molecule has 0 aromatic heterocycles. The zero-order valence-electron chi connectivity index (χ0n) is 12.9. The standard InChI is InChI=1S/C18H28N2O/c19-20-17(9-10-18-6-1-2-11-21-18)13-14-7-8-15-4-3-5-16(15)12-14/h7-8,12,17-18,20H,1-6,9-11,13,19H2. The lowest BCUT2D eigenvalue weighted by atomic mass is 9.96. The van der Waals surface area contributed by atoms with Gasteiger partial charge in [-0.05, 0) is 74.5 Å². The van der Waals surface area contributed by atoms with E-state index in [0.29, 0.717) is 12.1 Å². The van der Waals surface area contributed by atoms with Crippen LogP contribution in [0.1, 0.15) is 55.2 Å². The Balaban J connectivity index is 1.51. The van der Waals surface area contributed by atoms with Gasteiger partial charge < -0.3 is 4.74 Å². The van der Waals surface area contributed by atoms with Crippen LogP contribution in [0.15, 0.2) is 18.2 Å². The SMILES string of the molecule is NNC(CCC1CCCCO1)Cc1ccc2c(c1)CCC2. The maximum absolute atomic E-state index is 5.81. The summed E-state index contributed by atoms with van der Waals surface area (Å²) in [6.45, 7) is 0.941. The molecular formula is C18H28N2O. The van der Waals surface area contributed by atoms with Crippen LogP contribution in [0.2, 0.25) is 0 Å². The van der Waals surface area contributed by atoms with E-state index in [9.17, 15) is 0 Å². The van der Waals surface area contributed by atoms with Crippen molar-refractivity contribution in [3.8, 4) is 0 Å². The molecule has 0 bridgehead atoms. The summed E-state index contributed by atoms with van der Waals surface area (Å²) in [6.07, 6.45) is 11.3. The zero-order chi connectivity index (χ0) is 14.5. The molecule has 1 heterocycles. The lowest BCUT2D eigenvalue weighted by Gasteiger charge is -2.24. The van der Waals surface area contributed by atoms with Crippen molar-refractivity contribution in [3.05, 3.63) is 34.9 Å². The van der Waals surface area contributed by atoms with Gasteiger partial charge in [0.15, 0.2) is 0 Å². The molecule has 0 radical (unpaired) electrons. The average molecular weight is 288 g/mol. The van der Waals surface area contributed by atoms with Gasteiger partial charge in [0.05, 0.1) is 6.10 Å². The summed E-state index contributed by atoms with van der Waals surface area (Å²) in [6, 6.07) is 7.35. The van der Waals surface area contributed by atoms with Crippen LogP contribution in [-0.4, -0.2) is 18.8 Å². The van der Waals surface area contributed by atoms with Gasteiger partial charge in [-0.25, -0.2) is 0 Å². The van der Waals surface area contributed by atoms with E-state index in [1.54, 1.807) is 11.1 Å². The van der Waals surface area contributed by atoms with Crippen LogP contribution in [0.25, 0.3) is 0 Å². The van der Waals surface area contributed by atoms with Gasteiger partial charge in [-0.15, -0.1) is 0 Å². The van der Waals surface area contributed by atoms with Crippen molar-refractivity contribution < 1.29 is 4.74 Å². The van der Waals surface area contributed by atoms with E-state index in [0.717, 1.165) is 25.9 Å². The molecule has 1 fully saturated rings. The Morgan fingerprint density at radius 2 is 2.10 bits per heavy atom. The maximum atomic E-state index is 5.81. The van der Waals surface area contributed by atoms with Gasteiger partial charge in [-0.2, -0.15) is 0 Å². The molecule has 2 atom stereocenters. The highest BCUT2D eigenvalue weighted by Crippen LogP contribution is 2.24. The number of hydrogen-bond acceptors (Lipinski definition) is 3. The fraction of sp³-hybridized carbons (Fsp3) is 0.667. The molecule has 21 heavy (non-hydrogen) atoms. The summed E-state index contributed by atoms with van der Waals surface area (Å²) in [5, 5.41) is 0. The summed E-state index contributed by atoms with van der Waals surface area (Å²) in [7, 11) is 0. The monoisotopic (exact) mass is 288 g/mol. The second kappa shape index (κ2) is 7.39. The molecule has 3 nitrogen and oxygen atoms in total. The smallest absolute Gasteiger partial charge is 0.0575 e. The third-order valence-corrected chi connectivity index (χ3v) is 4.99. The molecule has 1 aliphatic carbocycles. The van der Waals surface area contributed by atoms with Crippen molar-refractivity contribution in [1.82, 2.24) is 5.43 Å². The van der Waals surface area contributed by atoms with E-state index in [1.165, 1.54) is 44.1 Å². The highest BCUT2D eigenvalue weighted by molar-refractivity contribution is 5.35. The average Bonchev–Trinajstić information content (AvgIpc) is 3.00. The first-order chi connectivity index (χ1) is 10.3. The van der Waals surface area contributed by atoms with Gasteiger partial charge >= 0.3 is 0 Å². The lowest BCUT2D eigenvalue weighted by Crippen LogP contribution is -2.37. The molecule has 2 unspecified atom stereocenters. The minimum atomic E-state index is 0.356. The third kappa shape index (κ3) is 4.06. The summed E-state index contributed by atoms with van der Waals surface area (Å²) < 4.78 is 5.81. The van der Waals surface area contributed by atoms with E-state index in [-0.39, 0.29) is 0 Å². The number of hydrazine groups is 1. The first-order valence-electron chi connectivity index (χ1n) is 8.53. The van der Waals surface area contributed by atoms with E-state index in [1.807, 2.05) is 0 Å². The van der Waals surface area contributed by atoms with Crippen LogP contribution in [-0.2, 0) is 24.0 Å². The fourth-order valence-electron chi connectivity index (χ4n) is 3.70. The number of nitrogens with one attached hydrogen (secondary N) is 1. The molecule has 1 aliphatic heterocycles. The van der Waals surface area contributed by atoms with Gasteiger partial charge in [-0.3, -0.25) is 11.3 Å². The number of hydrogen-bond donors (Lipinski definition) is 2. The van der Waals surface area contributed by atoms with Crippen molar-refractivity contribution in [1.29, 1.82) is 0 Å². The number of rotatable bonds is 6. The van der Waals surface area contributed by atoms with E-state index < -0.39 is 0 Å². The van der Waals surface area contributed by atoms with Crippen molar-refractivity contribution in [2.75, 3.05) is 6.61 Å². The van der Waals surface area contributed by atoms with Crippen LogP contribution in [0, 0.1) is 0 Å². The largest absolute Gasteiger partial charge is 0.378 e. The Labute approximate surface area is 128 Å². The number of nitrogens with two attached hydrogens (primary N) is 1. The third-order valence-electron chi connectivity index (χ3n) is 4.99. The Bertz CT molecular complexity index is 455. The molecule has 1 aromatic rings. The molecule has 3 N–H and O–H groups in total. The Hall–Kier alpha value is -0.900. The minimum Gasteiger partial charge on any atom is -0.378 e. The van der Waals surface area contributed by atoms with Crippen LogP contribution >= 0.6 is 0 Å². The van der Waals surface area contributed by atoms with Crippen LogP contribution < -0.4 is 11.3 Å². The number of aryl methyl sites for hydroxylation is 2. The molecule has 0 amide bonds. The van der Waals surface area contributed by atoms with E-state index >= 15 is 0 Å². The number of benzene rings is 1. The lowest BCUT2D eigenvalue weighted by molar-refractivity contribution is 0.00858.